The van der Waals surface area contributed by atoms with E-state index in [9.17, 15) is 53.4 Å². The van der Waals surface area contributed by atoms with Crippen LogP contribution in [0.4, 0.5) is 0 Å². The van der Waals surface area contributed by atoms with E-state index in [2.05, 4.69) is 4.74 Å². The molecule has 256 valence electrons. The first-order valence-electron chi connectivity index (χ1n) is 13.5. The van der Waals surface area contributed by atoms with Crippen LogP contribution in [0.25, 0.3) is 0 Å². The minimum Gasteiger partial charge on any atom is -0.468 e. The number of aromatic nitrogens is 6. The first-order valence-corrected chi connectivity index (χ1v) is 13.5. The van der Waals surface area contributed by atoms with Crippen LogP contribution in [0.2, 0.25) is 0 Å². The normalized spacial score (nSPS) is 11.7. The lowest BCUT2D eigenvalue weighted by Crippen LogP contribution is -2.56. The highest BCUT2D eigenvalue weighted by Crippen LogP contribution is 1.93. The molecule has 2 aromatic rings. The van der Waals surface area contributed by atoms with Gasteiger partial charge >= 0.3 is 52.0 Å². The van der Waals surface area contributed by atoms with Gasteiger partial charge in [-0.05, 0) is 0 Å². The zero-order valence-electron chi connectivity index (χ0n) is 24.9. The molecule has 0 bridgehead atoms. The third-order valence-electron chi connectivity index (χ3n) is 6.21. The van der Waals surface area contributed by atoms with Gasteiger partial charge in [-0.2, -0.15) is 0 Å². The molecule has 0 radical (unpaired) electrons. The molecule has 0 fully saturated rings. The van der Waals surface area contributed by atoms with Crippen LogP contribution in [0, 0.1) is 0 Å². The van der Waals surface area contributed by atoms with Gasteiger partial charge in [0.1, 0.15) is 26.2 Å². The van der Waals surface area contributed by atoms with Crippen LogP contribution in [0.1, 0.15) is 6.42 Å². The number of esters is 3. The smallest absolute Gasteiger partial charge is 0.337 e. The van der Waals surface area contributed by atoms with Crippen molar-refractivity contribution in [3.8, 4) is 0 Å². The third-order valence-corrected chi connectivity index (χ3v) is 6.21. The number of aliphatic hydroxyl groups is 3. The number of hydrogen-bond acceptors (Lipinski definition) is 16. The first-order chi connectivity index (χ1) is 21.8. The summed E-state index contributed by atoms with van der Waals surface area (Å²) >= 11 is 0. The molecular weight excluding hydrogens is 628 g/mol. The van der Waals surface area contributed by atoms with Crippen LogP contribution in [-0.4, -0.2) is 114 Å². The first kappa shape index (κ1) is 37.3. The molecule has 0 aliphatic heterocycles. The molecule has 0 aliphatic carbocycles. The highest BCUT2D eigenvalue weighted by atomic mass is 16.5. The number of methoxy groups -OCH3 is 2. The summed E-state index contributed by atoms with van der Waals surface area (Å²) < 4.78 is 21.5. The van der Waals surface area contributed by atoms with E-state index in [1.165, 1.54) is 7.11 Å². The molecule has 0 spiro atoms. The van der Waals surface area contributed by atoms with E-state index in [0.717, 1.165) is 7.11 Å². The monoisotopic (exact) mass is 662 g/mol. The highest BCUT2D eigenvalue weighted by molar-refractivity contribution is 5.70. The van der Waals surface area contributed by atoms with E-state index >= 15 is 0 Å². The second-order valence-corrected chi connectivity index (χ2v) is 9.27. The van der Waals surface area contributed by atoms with Crippen molar-refractivity contribution in [2.75, 3.05) is 47.3 Å². The summed E-state index contributed by atoms with van der Waals surface area (Å²) in [6, 6.07) is 0. The van der Waals surface area contributed by atoms with Gasteiger partial charge in [0.25, 0.3) is 0 Å². The maximum Gasteiger partial charge on any atom is 0.337 e. The van der Waals surface area contributed by atoms with E-state index in [4.69, 9.17) is 19.3 Å². The summed E-state index contributed by atoms with van der Waals surface area (Å²) in [7, 11) is 2.26. The molecule has 0 saturated carbocycles. The molecule has 0 amide bonds. The van der Waals surface area contributed by atoms with E-state index in [-0.39, 0.29) is 33.3 Å². The van der Waals surface area contributed by atoms with Gasteiger partial charge in [0.05, 0.1) is 59.3 Å². The molecule has 0 aromatic carbocycles. The van der Waals surface area contributed by atoms with Gasteiger partial charge in [0.2, 0.25) is 0 Å². The Kier molecular flexibility index (Phi) is 14.2. The molecule has 0 saturated heterocycles. The largest absolute Gasteiger partial charge is 0.468 e. The summed E-state index contributed by atoms with van der Waals surface area (Å²) in [6.45, 7) is -6.93. The summed E-state index contributed by atoms with van der Waals surface area (Å²) in [6.07, 6.45) is -1.38. The SMILES string of the molecule is COCCn1c(=O)n(CCO)c(=O)n(CCOC(=O)Cn2c(=O)n(CC(=O)OC)c(=O)n(CC(=O)OCCC(O)CO)c2=O)c1=O. The quantitative estimate of drug-likeness (QED) is 0.0987. The van der Waals surface area contributed by atoms with E-state index in [1.54, 1.807) is 0 Å². The highest BCUT2D eigenvalue weighted by Gasteiger charge is 2.22. The minimum atomic E-state index is -1.46. The molecule has 2 rings (SSSR count). The van der Waals surface area contributed by atoms with Gasteiger partial charge in [-0.25, -0.2) is 56.2 Å². The average Bonchev–Trinajstić information content (AvgIpc) is 3.03. The van der Waals surface area contributed by atoms with Gasteiger partial charge in [-0.3, -0.25) is 14.4 Å². The van der Waals surface area contributed by atoms with Crippen LogP contribution in [0.5, 0.6) is 0 Å². The average molecular weight is 663 g/mol. The fraction of sp³-hybridized carbons (Fsp3) is 0.625. The van der Waals surface area contributed by atoms with Crippen molar-refractivity contribution < 1.29 is 48.7 Å². The van der Waals surface area contributed by atoms with Crippen LogP contribution >= 0.6 is 0 Å². The Bertz CT molecular complexity index is 1760. The molecular formula is C24H34N6O16. The lowest BCUT2D eigenvalue weighted by atomic mass is 10.3. The van der Waals surface area contributed by atoms with Crippen molar-refractivity contribution >= 4 is 17.9 Å². The summed E-state index contributed by atoms with van der Waals surface area (Å²) in [4.78, 5) is 114. The van der Waals surface area contributed by atoms with E-state index in [0.29, 0.717) is 13.7 Å². The lowest BCUT2D eigenvalue weighted by molar-refractivity contribution is -0.145. The number of ether oxygens (including phenoxy) is 4. The zero-order valence-corrected chi connectivity index (χ0v) is 24.9. The molecule has 22 nitrogen and oxygen atoms in total. The summed E-state index contributed by atoms with van der Waals surface area (Å²) in [5, 5.41) is 27.4. The van der Waals surface area contributed by atoms with Gasteiger partial charge in [-0.15, -0.1) is 0 Å². The van der Waals surface area contributed by atoms with Crippen molar-refractivity contribution in [2.24, 2.45) is 0 Å². The maximum absolute atomic E-state index is 13.0. The van der Waals surface area contributed by atoms with Gasteiger partial charge in [-0.1, -0.05) is 0 Å². The van der Waals surface area contributed by atoms with Crippen LogP contribution in [0.15, 0.2) is 28.8 Å². The summed E-state index contributed by atoms with van der Waals surface area (Å²) in [5.41, 5.74) is -7.50. The molecule has 1 atom stereocenters. The van der Waals surface area contributed by atoms with Crippen molar-refractivity contribution in [1.82, 2.24) is 27.4 Å². The molecule has 2 aromatic heterocycles. The summed E-state index contributed by atoms with van der Waals surface area (Å²) in [5.74, 6) is -3.56. The van der Waals surface area contributed by atoms with Gasteiger partial charge in [0.15, 0.2) is 0 Å². The Morgan fingerprint density at radius 1 is 0.587 bits per heavy atom. The molecule has 3 N–H and O–H groups in total. The molecule has 1 unspecified atom stereocenters. The van der Waals surface area contributed by atoms with Gasteiger partial charge in [0, 0.05) is 13.5 Å². The molecule has 2 heterocycles. The minimum absolute atomic E-state index is 0.0730. The fourth-order valence-corrected chi connectivity index (χ4v) is 3.82. The van der Waals surface area contributed by atoms with E-state index in [1.807, 2.05) is 0 Å². The Labute approximate surface area is 256 Å². The molecule has 0 aliphatic rings. The second-order valence-electron chi connectivity index (χ2n) is 9.27. The van der Waals surface area contributed by atoms with E-state index < -0.39 is 117 Å². The predicted molar refractivity (Wildman–Crippen MR) is 149 cm³/mol. The molecule has 46 heavy (non-hydrogen) atoms. The standard InChI is InChI=1S/C24H34N6O16/c1-43-9-5-26-19(37)25(4-7-31)20(38)27(21(26)39)6-10-46-18(36)13-30-23(41)28(11-16(34)44-2)22(40)29(24(30)42)12-17(35)45-8-3-15(33)14-32/h15,31-33H,3-14H2,1-2H3. The van der Waals surface area contributed by atoms with Crippen LogP contribution in [0.3, 0.4) is 0 Å². The number of nitrogens with zero attached hydrogens (tertiary/aromatic N) is 6. The maximum atomic E-state index is 13.0. The van der Waals surface area contributed by atoms with Crippen molar-refractivity contribution in [3.63, 3.8) is 0 Å². The van der Waals surface area contributed by atoms with Crippen molar-refractivity contribution in [3.05, 3.63) is 62.9 Å². The van der Waals surface area contributed by atoms with Crippen LogP contribution in [-0.2, 0) is 72.6 Å². The number of carbonyl (C=O) groups excluding carboxylic acids is 3. The third kappa shape index (κ3) is 9.29. The Morgan fingerprint density at radius 2 is 0.978 bits per heavy atom. The van der Waals surface area contributed by atoms with Crippen molar-refractivity contribution in [2.45, 2.75) is 51.8 Å². The fourth-order valence-electron chi connectivity index (χ4n) is 3.82. The Morgan fingerprint density at radius 3 is 1.39 bits per heavy atom. The Hall–Kier alpha value is -4.93. The predicted octanol–water partition coefficient (Wildman–Crippen LogP) is -7.00. The Balaban J connectivity index is 2.36. The van der Waals surface area contributed by atoms with Crippen molar-refractivity contribution in [1.29, 1.82) is 0 Å². The topological polar surface area (TPSA) is 281 Å². The number of hydrogen-bond donors (Lipinski definition) is 3. The van der Waals surface area contributed by atoms with Crippen LogP contribution < -0.4 is 34.1 Å². The number of rotatable bonds is 18. The zero-order chi connectivity index (χ0) is 34.6. The lowest BCUT2D eigenvalue weighted by Gasteiger charge is -2.14. The van der Waals surface area contributed by atoms with Gasteiger partial charge < -0.3 is 34.3 Å². The number of carbonyl (C=O) groups is 3. The molecule has 22 heteroatoms. The number of aliphatic hydroxyl groups excluding tert-OH is 3. The second kappa shape index (κ2) is 17.5.